The van der Waals surface area contributed by atoms with Crippen molar-refractivity contribution in [3.63, 3.8) is 0 Å². The van der Waals surface area contributed by atoms with Crippen LogP contribution in [0.4, 0.5) is 0 Å². The molecule has 0 aliphatic rings. The summed E-state index contributed by atoms with van der Waals surface area (Å²) in [5.41, 5.74) is 1.25. The molecule has 3 heteroatoms. The van der Waals surface area contributed by atoms with Crippen LogP contribution < -0.4 is 0 Å². The Hall–Kier alpha value is -1.35. The van der Waals surface area contributed by atoms with Crippen LogP contribution in [0.25, 0.3) is 10.9 Å². The van der Waals surface area contributed by atoms with E-state index in [1.54, 1.807) is 7.11 Å². The van der Waals surface area contributed by atoms with Gasteiger partial charge >= 0.3 is 0 Å². The predicted molar refractivity (Wildman–Crippen MR) is 67.6 cm³/mol. The molecule has 0 bridgehead atoms. The van der Waals surface area contributed by atoms with E-state index in [2.05, 4.69) is 21.8 Å². The van der Waals surface area contributed by atoms with Crippen molar-refractivity contribution in [3.05, 3.63) is 30.7 Å². The highest BCUT2D eigenvalue weighted by atomic mass is 16.5. The Kier molecular flexibility index (Phi) is 5.57. The third kappa shape index (κ3) is 3.07. The highest BCUT2D eigenvalue weighted by Gasteiger charge is 1.98. The predicted octanol–water partition coefficient (Wildman–Crippen LogP) is 3.10. The van der Waals surface area contributed by atoms with E-state index < -0.39 is 0 Å². The van der Waals surface area contributed by atoms with Crippen molar-refractivity contribution in [2.24, 2.45) is 0 Å². The summed E-state index contributed by atoms with van der Waals surface area (Å²) in [4.78, 5) is 4.08. The maximum Gasteiger partial charge on any atom is 0.0511 e. The lowest BCUT2D eigenvalue weighted by Crippen LogP contribution is -1.99. The third-order valence-corrected chi connectivity index (χ3v) is 2.32. The molecular formula is C13H20N2O. The number of methoxy groups -OCH3 is 1. The van der Waals surface area contributed by atoms with Gasteiger partial charge in [0.25, 0.3) is 0 Å². The van der Waals surface area contributed by atoms with Gasteiger partial charge < -0.3 is 9.30 Å². The van der Waals surface area contributed by atoms with Crippen molar-refractivity contribution in [1.29, 1.82) is 0 Å². The van der Waals surface area contributed by atoms with Crippen LogP contribution in [0.3, 0.4) is 0 Å². The zero-order chi connectivity index (χ0) is 11.8. The van der Waals surface area contributed by atoms with Gasteiger partial charge in [0.2, 0.25) is 0 Å². The zero-order valence-corrected chi connectivity index (χ0v) is 10.3. The van der Waals surface area contributed by atoms with Crippen LogP contribution in [-0.2, 0) is 11.3 Å². The van der Waals surface area contributed by atoms with E-state index in [0.29, 0.717) is 0 Å². The average molecular weight is 220 g/mol. The van der Waals surface area contributed by atoms with Crippen molar-refractivity contribution >= 4 is 10.9 Å². The fourth-order valence-electron chi connectivity index (χ4n) is 1.61. The van der Waals surface area contributed by atoms with Crippen LogP contribution in [0.2, 0.25) is 0 Å². The van der Waals surface area contributed by atoms with Crippen molar-refractivity contribution in [3.8, 4) is 0 Å². The molecule has 0 amide bonds. The van der Waals surface area contributed by atoms with Crippen LogP contribution in [0, 0.1) is 0 Å². The SMILES string of the molecule is CC.COCCCn1ccc2cnccc21. The van der Waals surface area contributed by atoms with Crippen molar-refractivity contribution in [1.82, 2.24) is 9.55 Å². The Labute approximate surface area is 97.1 Å². The number of aromatic nitrogens is 2. The molecule has 0 fully saturated rings. The second-order valence-electron chi connectivity index (χ2n) is 3.29. The number of aryl methyl sites for hydroxylation is 1. The molecule has 0 radical (unpaired) electrons. The number of fused-ring (bicyclic) bond motifs is 1. The summed E-state index contributed by atoms with van der Waals surface area (Å²) >= 11 is 0. The maximum absolute atomic E-state index is 5.03. The first kappa shape index (κ1) is 12.7. The Bertz CT molecular complexity index is 409. The molecule has 2 heterocycles. The Morgan fingerprint density at radius 2 is 2.12 bits per heavy atom. The molecular weight excluding hydrogens is 200 g/mol. The maximum atomic E-state index is 5.03. The van der Waals surface area contributed by atoms with Crippen molar-refractivity contribution < 1.29 is 4.74 Å². The molecule has 2 aromatic heterocycles. The average Bonchev–Trinajstić information content (AvgIpc) is 2.76. The second kappa shape index (κ2) is 7.01. The van der Waals surface area contributed by atoms with Crippen LogP contribution in [0.1, 0.15) is 20.3 Å². The minimum absolute atomic E-state index is 0.810. The van der Waals surface area contributed by atoms with Gasteiger partial charge in [-0.2, -0.15) is 0 Å². The normalized spacial score (nSPS) is 9.94. The molecule has 0 saturated carbocycles. The first-order valence-corrected chi connectivity index (χ1v) is 5.79. The van der Waals surface area contributed by atoms with E-state index in [9.17, 15) is 0 Å². The van der Waals surface area contributed by atoms with Gasteiger partial charge in [-0.05, 0) is 18.6 Å². The van der Waals surface area contributed by atoms with E-state index in [-0.39, 0.29) is 0 Å². The van der Waals surface area contributed by atoms with Crippen molar-refractivity contribution in [2.45, 2.75) is 26.8 Å². The molecule has 0 aromatic carbocycles. The summed E-state index contributed by atoms with van der Waals surface area (Å²) in [6.07, 6.45) is 6.86. The van der Waals surface area contributed by atoms with Gasteiger partial charge in [0.05, 0.1) is 5.52 Å². The minimum Gasteiger partial charge on any atom is -0.385 e. The summed E-state index contributed by atoms with van der Waals surface area (Å²) in [7, 11) is 1.73. The monoisotopic (exact) mass is 220 g/mol. The van der Waals surface area contributed by atoms with E-state index in [0.717, 1.165) is 19.6 Å². The highest BCUT2D eigenvalue weighted by Crippen LogP contribution is 2.13. The summed E-state index contributed by atoms with van der Waals surface area (Å²) in [6.45, 7) is 5.81. The third-order valence-electron chi connectivity index (χ3n) is 2.32. The fraction of sp³-hybridized carbons (Fsp3) is 0.462. The van der Waals surface area contributed by atoms with Crippen LogP contribution in [0.5, 0.6) is 0 Å². The molecule has 0 N–H and O–H groups in total. The van der Waals surface area contributed by atoms with Crippen LogP contribution in [-0.4, -0.2) is 23.3 Å². The molecule has 0 spiro atoms. The quantitative estimate of drug-likeness (QED) is 0.740. The summed E-state index contributed by atoms with van der Waals surface area (Å²) in [6, 6.07) is 4.14. The highest BCUT2D eigenvalue weighted by molar-refractivity contribution is 5.78. The van der Waals surface area contributed by atoms with Gasteiger partial charge in [-0.3, -0.25) is 4.98 Å². The molecule has 0 saturated heterocycles. The molecule has 0 unspecified atom stereocenters. The van der Waals surface area contributed by atoms with E-state index in [1.807, 2.05) is 32.3 Å². The summed E-state index contributed by atoms with van der Waals surface area (Å²) in [5, 5.41) is 1.20. The number of hydrogen-bond donors (Lipinski definition) is 0. The van der Waals surface area contributed by atoms with Gasteiger partial charge in [0.1, 0.15) is 0 Å². The zero-order valence-electron chi connectivity index (χ0n) is 10.3. The number of hydrogen-bond acceptors (Lipinski definition) is 2. The summed E-state index contributed by atoms with van der Waals surface area (Å²) in [5.74, 6) is 0. The smallest absolute Gasteiger partial charge is 0.0511 e. The molecule has 0 atom stereocenters. The summed E-state index contributed by atoms with van der Waals surface area (Å²) < 4.78 is 7.26. The molecule has 3 nitrogen and oxygen atoms in total. The molecule has 0 aliphatic heterocycles. The number of ether oxygens (including phenoxy) is 1. The molecule has 16 heavy (non-hydrogen) atoms. The van der Waals surface area contributed by atoms with Gasteiger partial charge in [-0.25, -0.2) is 0 Å². The molecule has 0 aliphatic carbocycles. The molecule has 88 valence electrons. The standard InChI is InChI=1S/C11H14N2O.C2H6/c1-14-8-2-6-13-7-4-10-9-12-5-3-11(10)13;1-2/h3-5,7,9H,2,6,8H2,1H3;1-2H3. The second-order valence-corrected chi connectivity index (χ2v) is 3.29. The molecule has 2 rings (SSSR count). The lowest BCUT2D eigenvalue weighted by molar-refractivity contribution is 0.190. The number of nitrogens with zero attached hydrogens (tertiary/aromatic N) is 2. The Balaban J connectivity index is 0.000000606. The lowest BCUT2D eigenvalue weighted by atomic mass is 10.3. The topological polar surface area (TPSA) is 27.1 Å². The van der Waals surface area contributed by atoms with Crippen molar-refractivity contribution in [2.75, 3.05) is 13.7 Å². The lowest BCUT2D eigenvalue weighted by Gasteiger charge is -2.03. The first-order valence-electron chi connectivity index (χ1n) is 5.79. The minimum atomic E-state index is 0.810. The van der Waals surface area contributed by atoms with E-state index in [4.69, 9.17) is 4.74 Å². The van der Waals surface area contributed by atoms with Gasteiger partial charge in [0, 0.05) is 44.2 Å². The van der Waals surface area contributed by atoms with E-state index >= 15 is 0 Å². The van der Waals surface area contributed by atoms with Crippen LogP contribution >= 0.6 is 0 Å². The van der Waals surface area contributed by atoms with Crippen LogP contribution in [0.15, 0.2) is 30.7 Å². The van der Waals surface area contributed by atoms with E-state index in [1.165, 1.54) is 10.9 Å². The Morgan fingerprint density at radius 3 is 2.88 bits per heavy atom. The number of pyridine rings is 1. The molecule has 2 aromatic rings. The first-order chi connectivity index (χ1) is 7.92. The fourth-order valence-corrected chi connectivity index (χ4v) is 1.61. The Morgan fingerprint density at radius 1 is 1.31 bits per heavy atom. The van der Waals surface area contributed by atoms with Gasteiger partial charge in [-0.15, -0.1) is 0 Å². The van der Waals surface area contributed by atoms with Gasteiger partial charge in [-0.1, -0.05) is 13.8 Å². The van der Waals surface area contributed by atoms with Gasteiger partial charge in [0.15, 0.2) is 0 Å². The number of rotatable bonds is 4. The largest absolute Gasteiger partial charge is 0.385 e.